The Morgan fingerprint density at radius 2 is 2.05 bits per heavy atom. The molecule has 0 aliphatic rings. The molecule has 126 valence electrons. The van der Waals surface area contributed by atoms with Gasteiger partial charge in [-0.2, -0.15) is 4.98 Å². The van der Waals surface area contributed by atoms with Crippen LogP contribution in [-0.4, -0.2) is 42.4 Å². The van der Waals surface area contributed by atoms with Crippen LogP contribution in [0.15, 0.2) is 9.52 Å². The summed E-state index contributed by atoms with van der Waals surface area (Å²) in [5, 5.41) is 10.4. The van der Waals surface area contributed by atoms with Crippen LogP contribution in [0, 0.1) is 0 Å². The molecule has 2 N–H and O–H groups in total. The third kappa shape index (κ3) is 6.89. The molecule has 1 aromatic rings. The SMILES string of the molecule is CCNC(=NCc1noc(C(C)(C)C)n1)NCCCOCC. The molecule has 0 unspecified atom stereocenters. The van der Waals surface area contributed by atoms with E-state index in [9.17, 15) is 0 Å². The number of aromatic nitrogens is 2. The molecular weight excluding hydrogens is 282 g/mol. The molecule has 1 aromatic heterocycles. The number of nitrogens with one attached hydrogen (secondary N) is 2. The first-order chi connectivity index (χ1) is 10.5. The molecular formula is C15H29N5O2. The van der Waals surface area contributed by atoms with E-state index in [1.165, 1.54) is 0 Å². The van der Waals surface area contributed by atoms with Crippen molar-refractivity contribution in [1.29, 1.82) is 0 Å². The minimum Gasteiger partial charge on any atom is -0.382 e. The highest BCUT2D eigenvalue weighted by Crippen LogP contribution is 2.19. The van der Waals surface area contributed by atoms with Crippen molar-refractivity contribution in [2.45, 2.75) is 53.0 Å². The molecule has 0 atom stereocenters. The first kappa shape index (κ1) is 18.4. The lowest BCUT2D eigenvalue weighted by molar-refractivity contribution is 0.145. The van der Waals surface area contributed by atoms with E-state index in [2.05, 4.69) is 25.8 Å². The smallest absolute Gasteiger partial charge is 0.232 e. The largest absolute Gasteiger partial charge is 0.382 e. The summed E-state index contributed by atoms with van der Waals surface area (Å²) >= 11 is 0. The summed E-state index contributed by atoms with van der Waals surface area (Å²) in [6, 6.07) is 0. The summed E-state index contributed by atoms with van der Waals surface area (Å²) in [5.41, 5.74) is -0.142. The molecule has 22 heavy (non-hydrogen) atoms. The first-order valence-corrected chi connectivity index (χ1v) is 7.90. The average molecular weight is 311 g/mol. The Kier molecular flexibility index (Phi) is 7.87. The molecule has 0 amide bonds. The van der Waals surface area contributed by atoms with Gasteiger partial charge in [0.1, 0.15) is 6.54 Å². The van der Waals surface area contributed by atoms with Crippen molar-refractivity contribution < 1.29 is 9.26 Å². The highest BCUT2D eigenvalue weighted by Gasteiger charge is 2.21. The van der Waals surface area contributed by atoms with Gasteiger partial charge < -0.3 is 19.9 Å². The van der Waals surface area contributed by atoms with Crippen LogP contribution in [0.4, 0.5) is 0 Å². The maximum Gasteiger partial charge on any atom is 0.232 e. The highest BCUT2D eigenvalue weighted by atomic mass is 16.5. The van der Waals surface area contributed by atoms with Gasteiger partial charge in [-0.3, -0.25) is 0 Å². The number of nitrogens with zero attached hydrogens (tertiary/aromatic N) is 3. The average Bonchev–Trinajstić information content (AvgIpc) is 2.93. The summed E-state index contributed by atoms with van der Waals surface area (Å²) in [6.45, 7) is 13.7. The molecule has 0 bridgehead atoms. The zero-order valence-electron chi connectivity index (χ0n) is 14.4. The van der Waals surface area contributed by atoms with Gasteiger partial charge in [-0.1, -0.05) is 25.9 Å². The molecule has 0 aliphatic heterocycles. The lowest BCUT2D eigenvalue weighted by atomic mass is 9.97. The molecule has 0 saturated carbocycles. The van der Waals surface area contributed by atoms with Gasteiger partial charge >= 0.3 is 0 Å². The van der Waals surface area contributed by atoms with E-state index >= 15 is 0 Å². The Balaban J connectivity index is 2.49. The number of ether oxygens (including phenoxy) is 1. The molecule has 0 radical (unpaired) electrons. The number of hydrogen-bond donors (Lipinski definition) is 2. The van der Waals surface area contributed by atoms with Crippen LogP contribution in [0.25, 0.3) is 0 Å². The monoisotopic (exact) mass is 311 g/mol. The van der Waals surface area contributed by atoms with Crippen molar-refractivity contribution in [3.05, 3.63) is 11.7 Å². The molecule has 0 saturated heterocycles. The second kappa shape index (κ2) is 9.40. The fourth-order valence-corrected chi connectivity index (χ4v) is 1.64. The molecule has 1 rings (SSSR count). The lowest BCUT2D eigenvalue weighted by Crippen LogP contribution is -2.38. The quantitative estimate of drug-likeness (QED) is 0.433. The van der Waals surface area contributed by atoms with Gasteiger partial charge in [0.25, 0.3) is 0 Å². The van der Waals surface area contributed by atoms with Gasteiger partial charge in [0.15, 0.2) is 11.8 Å². The van der Waals surface area contributed by atoms with Gasteiger partial charge in [-0.15, -0.1) is 0 Å². The van der Waals surface area contributed by atoms with E-state index in [4.69, 9.17) is 9.26 Å². The number of aliphatic imine (C=N–C) groups is 1. The predicted molar refractivity (Wildman–Crippen MR) is 86.9 cm³/mol. The van der Waals surface area contributed by atoms with Crippen LogP contribution >= 0.6 is 0 Å². The van der Waals surface area contributed by atoms with Crippen molar-refractivity contribution in [2.75, 3.05) is 26.3 Å². The van der Waals surface area contributed by atoms with Crippen LogP contribution in [0.2, 0.25) is 0 Å². The Hall–Kier alpha value is -1.63. The Bertz CT molecular complexity index is 451. The van der Waals surface area contributed by atoms with E-state index in [1.54, 1.807) is 0 Å². The summed E-state index contributed by atoms with van der Waals surface area (Å²) < 4.78 is 10.6. The minimum atomic E-state index is -0.142. The van der Waals surface area contributed by atoms with E-state index < -0.39 is 0 Å². The maximum absolute atomic E-state index is 5.31. The van der Waals surface area contributed by atoms with Crippen LogP contribution < -0.4 is 10.6 Å². The van der Waals surface area contributed by atoms with E-state index in [1.807, 2.05) is 34.6 Å². The second-order valence-electron chi connectivity index (χ2n) is 5.94. The maximum atomic E-state index is 5.31. The first-order valence-electron chi connectivity index (χ1n) is 7.90. The summed E-state index contributed by atoms with van der Waals surface area (Å²) in [5.74, 6) is 1.98. The van der Waals surface area contributed by atoms with Crippen molar-refractivity contribution in [3.8, 4) is 0 Å². The highest BCUT2D eigenvalue weighted by molar-refractivity contribution is 5.79. The van der Waals surface area contributed by atoms with E-state index in [-0.39, 0.29) is 5.41 Å². The second-order valence-corrected chi connectivity index (χ2v) is 5.94. The molecule has 7 heteroatoms. The normalized spacial score (nSPS) is 12.5. The Labute approximate surface area is 132 Å². The topological polar surface area (TPSA) is 84.6 Å². The molecule has 0 fully saturated rings. The third-order valence-corrected chi connectivity index (χ3v) is 2.79. The van der Waals surface area contributed by atoms with Gasteiger partial charge in [0.05, 0.1) is 0 Å². The van der Waals surface area contributed by atoms with Gasteiger partial charge in [-0.05, 0) is 20.3 Å². The molecule has 0 spiro atoms. The summed E-state index contributed by atoms with van der Waals surface area (Å²) in [6.07, 6.45) is 0.939. The van der Waals surface area contributed by atoms with Gasteiger partial charge in [-0.25, -0.2) is 4.99 Å². The standard InChI is InChI=1S/C15H29N5O2/c1-6-16-14(17-9-8-10-21-7-2)18-11-12-19-13(22-20-12)15(3,4)5/h6-11H2,1-5H3,(H2,16,17,18). The minimum absolute atomic E-state index is 0.142. The molecule has 0 aromatic carbocycles. The zero-order chi connectivity index (χ0) is 16.4. The van der Waals surface area contributed by atoms with Gasteiger partial charge in [0, 0.05) is 31.7 Å². The third-order valence-electron chi connectivity index (χ3n) is 2.79. The van der Waals surface area contributed by atoms with Crippen LogP contribution in [0.3, 0.4) is 0 Å². The zero-order valence-corrected chi connectivity index (χ0v) is 14.4. The van der Waals surface area contributed by atoms with Crippen molar-refractivity contribution in [2.24, 2.45) is 4.99 Å². The van der Waals surface area contributed by atoms with Crippen LogP contribution in [0.5, 0.6) is 0 Å². The fourth-order valence-electron chi connectivity index (χ4n) is 1.64. The van der Waals surface area contributed by atoms with Crippen LogP contribution in [-0.2, 0) is 16.7 Å². The number of hydrogen-bond acceptors (Lipinski definition) is 5. The fraction of sp³-hybridized carbons (Fsp3) is 0.800. The lowest BCUT2D eigenvalue weighted by Gasteiger charge is -2.11. The molecule has 0 aliphatic carbocycles. The van der Waals surface area contributed by atoms with E-state index in [0.29, 0.717) is 18.3 Å². The molecule has 1 heterocycles. The Morgan fingerprint density at radius 1 is 1.27 bits per heavy atom. The van der Waals surface area contributed by atoms with Crippen molar-refractivity contribution in [1.82, 2.24) is 20.8 Å². The van der Waals surface area contributed by atoms with Crippen LogP contribution in [0.1, 0.15) is 52.8 Å². The number of rotatable bonds is 8. The summed E-state index contributed by atoms with van der Waals surface area (Å²) in [7, 11) is 0. The summed E-state index contributed by atoms with van der Waals surface area (Å²) in [4.78, 5) is 8.84. The van der Waals surface area contributed by atoms with Gasteiger partial charge in [0.2, 0.25) is 5.89 Å². The predicted octanol–water partition coefficient (Wildman–Crippen LogP) is 1.85. The van der Waals surface area contributed by atoms with E-state index in [0.717, 1.165) is 38.7 Å². The molecule has 7 nitrogen and oxygen atoms in total. The number of guanidine groups is 1. The van der Waals surface area contributed by atoms with Crippen molar-refractivity contribution in [3.63, 3.8) is 0 Å². The van der Waals surface area contributed by atoms with Crippen molar-refractivity contribution >= 4 is 5.96 Å². The Morgan fingerprint density at radius 3 is 2.64 bits per heavy atom.